The topological polar surface area (TPSA) is 12.5 Å². The van der Waals surface area contributed by atoms with Crippen LogP contribution in [0, 0.1) is 17.5 Å². The van der Waals surface area contributed by atoms with Crippen LogP contribution in [-0.4, -0.2) is 6.61 Å². The van der Waals surface area contributed by atoms with Crippen LogP contribution in [0.3, 0.4) is 0 Å². The van der Waals surface area contributed by atoms with Gasteiger partial charge in [0, 0.05) is 11.1 Å². The van der Waals surface area contributed by atoms with Gasteiger partial charge in [-0.1, -0.05) is 61.2 Å². The molecule has 0 bridgehead atoms. The molecule has 1 fully saturated rings. The zero-order valence-corrected chi connectivity index (χ0v) is 15.2. The lowest BCUT2D eigenvalue weighted by Gasteiger charge is -2.08. The molecule has 3 aromatic rings. The number of epoxide rings is 1. The average Bonchev–Trinajstić information content (AvgIpc) is 3.55. The summed E-state index contributed by atoms with van der Waals surface area (Å²) in [5.41, 5.74) is 3.62. The molecule has 1 heterocycles. The molecule has 0 amide bonds. The third-order valence-corrected chi connectivity index (χ3v) is 5.06. The summed E-state index contributed by atoms with van der Waals surface area (Å²) < 4.78 is 47.5. The molecule has 1 atom stereocenters. The van der Waals surface area contributed by atoms with E-state index in [1.165, 1.54) is 18.2 Å². The maximum absolute atomic E-state index is 14.4. The molecular formula is C24H19F3O. The Bertz CT molecular complexity index is 1020. The maximum atomic E-state index is 14.4. The highest BCUT2D eigenvalue weighted by molar-refractivity contribution is 5.65. The van der Waals surface area contributed by atoms with Gasteiger partial charge in [-0.05, 0) is 41.2 Å². The molecule has 28 heavy (non-hydrogen) atoms. The lowest BCUT2D eigenvalue weighted by molar-refractivity contribution is 0.415. The largest absolute Gasteiger partial charge is 0.368 e. The third-order valence-electron chi connectivity index (χ3n) is 5.06. The summed E-state index contributed by atoms with van der Waals surface area (Å²) in [4.78, 5) is 0. The molecule has 1 aliphatic heterocycles. The van der Waals surface area contributed by atoms with Gasteiger partial charge in [0.15, 0.2) is 11.6 Å². The number of halogens is 3. The van der Waals surface area contributed by atoms with Gasteiger partial charge in [-0.3, -0.25) is 0 Å². The van der Waals surface area contributed by atoms with Crippen molar-refractivity contribution < 1.29 is 17.9 Å². The Hall–Kier alpha value is -2.85. The molecule has 4 heteroatoms. The standard InChI is InChI=1S/C24H19F3O/c1-2-16-9-10-18(24(27)23(16)26)8-5-15-3-6-17(7-4-15)20-12-11-19(13-21(20)25)22-14-28-22/h2-4,6-7,9-13,22H,1,5,8,14H2. The first kappa shape index (κ1) is 18.5. The van der Waals surface area contributed by atoms with Gasteiger partial charge in [0.25, 0.3) is 0 Å². The second kappa shape index (κ2) is 7.64. The SMILES string of the molecule is C=Cc1ccc(CCc2ccc(-c3ccc(C4CO4)cc3F)cc2)c(F)c1F. The van der Waals surface area contributed by atoms with E-state index in [9.17, 15) is 13.2 Å². The molecule has 0 aromatic heterocycles. The van der Waals surface area contributed by atoms with Crippen LogP contribution in [0.4, 0.5) is 13.2 Å². The van der Waals surface area contributed by atoms with Crippen LogP contribution in [0.5, 0.6) is 0 Å². The number of rotatable bonds is 6. The molecule has 142 valence electrons. The third kappa shape index (κ3) is 3.73. The van der Waals surface area contributed by atoms with E-state index in [2.05, 4.69) is 6.58 Å². The van der Waals surface area contributed by atoms with Crippen LogP contribution < -0.4 is 0 Å². The molecule has 0 radical (unpaired) electrons. The molecule has 0 spiro atoms. The van der Waals surface area contributed by atoms with Gasteiger partial charge in [-0.25, -0.2) is 13.2 Å². The van der Waals surface area contributed by atoms with E-state index in [0.717, 1.165) is 16.7 Å². The number of aryl methyl sites for hydroxylation is 2. The molecular weight excluding hydrogens is 361 g/mol. The van der Waals surface area contributed by atoms with E-state index in [1.54, 1.807) is 12.1 Å². The molecule has 1 nitrogen and oxygen atoms in total. The predicted molar refractivity (Wildman–Crippen MR) is 104 cm³/mol. The summed E-state index contributed by atoms with van der Waals surface area (Å²) in [6.07, 6.45) is 2.26. The highest BCUT2D eigenvalue weighted by Gasteiger charge is 2.25. The second-order valence-corrected chi connectivity index (χ2v) is 6.90. The van der Waals surface area contributed by atoms with Crippen LogP contribution in [0.2, 0.25) is 0 Å². The summed E-state index contributed by atoms with van der Waals surface area (Å²) in [6, 6.07) is 15.8. The normalized spacial score (nSPS) is 15.5. The fraction of sp³-hybridized carbons (Fsp3) is 0.167. The van der Waals surface area contributed by atoms with Crippen molar-refractivity contribution >= 4 is 6.08 Å². The first-order valence-corrected chi connectivity index (χ1v) is 9.16. The van der Waals surface area contributed by atoms with Gasteiger partial charge >= 0.3 is 0 Å². The molecule has 3 aromatic carbocycles. The Balaban J connectivity index is 1.47. The predicted octanol–water partition coefficient (Wildman–Crippen LogP) is 6.27. The van der Waals surface area contributed by atoms with Gasteiger partial charge in [-0.15, -0.1) is 0 Å². The first-order chi connectivity index (χ1) is 13.6. The lowest BCUT2D eigenvalue weighted by atomic mass is 9.98. The molecule has 4 rings (SSSR count). The van der Waals surface area contributed by atoms with E-state index in [0.29, 0.717) is 30.6 Å². The minimum Gasteiger partial charge on any atom is -0.368 e. The van der Waals surface area contributed by atoms with E-state index < -0.39 is 11.6 Å². The summed E-state index contributed by atoms with van der Waals surface area (Å²) in [7, 11) is 0. The fourth-order valence-electron chi connectivity index (χ4n) is 3.29. The summed E-state index contributed by atoms with van der Waals surface area (Å²) >= 11 is 0. The van der Waals surface area contributed by atoms with Crippen molar-refractivity contribution in [3.8, 4) is 11.1 Å². The van der Waals surface area contributed by atoms with Crippen LogP contribution in [0.15, 0.2) is 61.2 Å². The van der Waals surface area contributed by atoms with Crippen molar-refractivity contribution in [2.24, 2.45) is 0 Å². The van der Waals surface area contributed by atoms with Gasteiger partial charge in [0.2, 0.25) is 0 Å². The maximum Gasteiger partial charge on any atom is 0.166 e. The number of hydrogen-bond donors (Lipinski definition) is 0. The number of ether oxygens (including phenoxy) is 1. The highest BCUT2D eigenvalue weighted by atomic mass is 19.2. The van der Waals surface area contributed by atoms with Crippen LogP contribution in [-0.2, 0) is 17.6 Å². The second-order valence-electron chi connectivity index (χ2n) is 6.90. The van der Waals surface area contributed by atoms with E-state index in [4.69, 9.17) is 4.74 Å². The van der Waals surface area contributed by atoms with Gasteiger partial charge in [0.1, 0.15) is 11.9 Å². The zero-order chi connectivity index (χ0) is 19.7. The average molecular weight is 380 g/mol. The fourth-order valence-corrected chi connectivity index (χ4v) is 3.29. The Morgan fingerprint density at radius 2 is 1.68 bits per heavy atom. The monoisotopic (exact) mass is 380 g/mol. The van der Waals surface area contributed by atoms with E-state index >= 15 is 0 Å². The zero-order valence-electron chi connectivity index (χ0n) is 15.2. The lowest BCUT2D eigenvalue weighted by Crippen LogP contribution is -1.99. The highest BCUT2D eigenvalue weighted by Crippen LogP contribution is 2.33. The van der Waals surface area contributed by atoms with Crippen molar-refractivity contribution in [2.75, 3.05) is 6.61 Å². The van der Waals surface area contributed by atoms with Crippen molar-refractivity contribution in [3.05, 3.63) is 101 Å². The number of benzene rings is 3. The summed E-state index contributed by atoms with van der Waals surface area (Å²) in [5.74, 6) is -1.96. The Labute approximate surface area is 162 Å². The minimum absolute atomic E-state index is 0.0247. The minimum atomic E-state index is -0.863. The molecule has 0 aliphatic carbocycles. The van der Waals surface area contributed by atoms with E-state index in [1.807, 2.05) is 30.3 Å². The first-order valence-electron chi connectivity index (χ1n) is 9.16. The quantitative estimate of drug-likeness (QED) is 0.459. The van der Waals surface area contributed by atoms with Crippen LogP contribution in [0.1, 0.15) is 28.4 Å². The summed E-state index contributed by atoms with van der Waals surface area (Å²) in [6.45, 7) is 4.12. The van der Waals surface area contributed by atoms with Crippen molar-refractivity contribution in [1.82, 2.24) is 0 Å². The van der Waals surface area contributed by atoms with Gasteiger partial charge in [0.05, 0.1) is 6.61 Å². The molecule has 0 saturated carbocycles. The Morgan fingerprint density at radius 3 is 2.32 bits per heavy atom. The van der Waals surface area contributed by atoms with E-state index in [-0.39, 0.29) is 17.5 Å². The van der Waals surface area contributed by atoms with Gasteiger partial charge < -0.3 is 4.74 Å². The molecule has 1 aliphatic rings. The van der Waals surface area contributed by atoms with Crippen LogP contribution >= 0.6 is 0 Å². The Morgan fingerprint density at radius 1 is 0.929 bits per heavy atom. The Kier molecular flexibility index (Phi) is 5.05. The van der Waals surface area contributed by atoms with Crippen molar-refractivity contribution in [2.45, 2.75) is 18.9 Å². The molecule has 1 saturated heterocycles. The smallest absolute Gasteiger partial charge is 0.166 e. The van der Waals surface area contributed by atoms with Gasteiger partial charge in [-0.2, -0.15) is 0 Å². The molecule has 0 N–H and O–H groups in total. The van der Waals surface area contributed by atoms with Crippen molar-refractivity contribution in [3.63, 3.8) is 0 Å². The van der Waals surface area contributed by atoms with Crippen LogP contribution in [0.25, 0.3) is 17.2 Å². The number of hydrogen-bond acceptors (Lipinski definition) is 1. The molecule has 1 unspecified atom stereocenters. The van der Waals surface area contributed by atoms with Crippen molar-refractivity contribution in [1.29, 1.82) is 0 Å². The summed E-state index contributed by atoms with van der Waals surface area (Å²) in [5, 5.41) is 0.